The Balaban J connectivity index is 2.16. The molecule has 0 amide bonds. The summed E-state index contributed by atoms with van der Waals surface area (Å²) in [5, 5.41) is 0. The normalized spacial score (nSPS) is 12.8. The minimum absolute atomic E-state index is 0.122. The zero-order valence-corrected chi connectivity index (χ0v) is 15.7. The summed E-state index contributed by atoms with van der Waals surface area (Å²) in [6, 6.07) is 13.8. The summed E-state index contributed by atoms with van der Waals surface area (Å²) in [5.74, 6) is 1.35. The molecule has 25 heavy (non-hydrogen) atoms. The van der Waals surface area contributed by atoms with E-state index >= 15 is 0 Å². The lowest BCUT2D eigenvalue weighted by atomic mass is 10.1. The molecule has 0 fully saturated rings. The standard InChI is InChI=1S/C18H24N2O4S/c1-20(2)18(14-6-5-7-16(12-14)24-4)13-19-25(21,22)17-10-8-15(23-3)9-11-17/h5-12,18-19H,13H2,1-4H3. The highest BCUT2D eigenvalue weighted by molar-refractivity contribution is 7.89. The van der Waals surface area contributed by atoms with Gasteiger partial charge in [-0.05, 0) is 56.1 Å². The highest BCUT2D eigenvalue weighted by Gasteiger charge is 2.20. The molecule has 0 heterocycles. The van der Waals surface area contributed by atoms with Crippen molar-refractivity contribution in [2.24, 2.45) is 0 Å². The summed E-state index contributed by atoms with van der Waals surface area (Å²) in [5.41, 5.74) is 0.974. The third kappa shape index (κ3) is 4.94. The number of methoxy groups -OCH3 is 2. The third-order valence-corrected chi connectivity index (χ3v) is 5.38. The number of nitrogens with one attached hydrogen (secondary N) is 1. The van der Waals surface area contributed by atoms with Crippen molar-refractivity contribution in [1.82, 2.24) is 9.62 Å². The number of hydrogen-bond acceptors (Lipinski definition) is 5. The Hall–Kier alpha value is -2.09. The van der Waals surface area contributed by atoms with Gasteiger partial charge in [-0.25, -0.2) is 13.1 Å². The molecule has 7 heteroatoms. The molecule has 0 aromatic heterocycles. The molecule has 2 aromatic carbocycles. The Morgan fingerprint density at radius 2 is 1.64 bits per heavy atom. The maximum atomic E-state index is 12.5. The van der Waals surface area contributed by atoms with E-state index in [-0.39, 0.29) is 17.5 Å². The molecular weight excluding hydrogens is 340 g/mol. The van der Waals surface area contributed by atoms with Crippen molar-refractivity contribution in [2.45, 2.75) is 10.9 Å². The van der Waals surface area contributed by atoms with Crippen molar-refractivity contribution in [2.75, 3.05) is 34.9 Å². The van der Waals surface area contributed by atoms with Gasteiger partial charge in [-0.3, -0.25) is 0 Å². The topological polar surface area (TPSA) is 67.9 Å². The predicted octanol–water partition coefficient (Wildman–Crippen LogP) is 2.29. The second-order valence-corrected chi connectivity index (χ2v) is 7.55. The van der Waals surface area contributed by atoms with Crippen LogP contribution in [0.25, 0.3) is 0 Å². The summed E-state index contributed by atoms with van der Waals surface area (Å²) in [6.45, 7) is 0.245. The Labute approximate surface area is 149 Å². The van der Waals surface area contributed by atoms with E-state index in [0.29, 0.717) is 5.75 Å². The lowest BCUT2D eigenvalue weighted by Gasteiger charge is -2.25. The number of hydrogen-bond donors (Lipinski definition) is 1. The smallest absolute Gasteiger partial charge is 0.240 e. The van der Waals surface area contributed by atoms with Gasteiger partial charge in [-0.15, -0.1) is 0 Å². The average molecular weight is 364 g/mol. The number of rotatable bonds is 8. The van der Waals surface area contributed by atoms with Crippen LogP contribution < -0.4 is 14.2 Å². The van der Waals surface area contributed by atoms with Crippen LogP contribution in [0.3, 0.4) is 0 Å². The highest BCUT2D eigenvalue weighted by atomic mass is 32.2. The van der Waals surface area contributed by atoms with E-state index in [9.17, 15) is 8.42 Å². The van der Waals surface area contributed by atoms with Crippen molar-refractivity contribution >= 4 is 10.0 Å². The van der Waals surface area contributed by atoms with Crippen LogP contribution in [-0.4, -0.2) is 48.2 Å². The van der Waals surface area contributed by atoms with Crippen LogP contribution in [0.5, 0.6) is 11.5 Å². The Bertz CT molecular complexity index is 789. The summed E-state index contributed by atoms with van der Waals surface area (Å²) in [7, 11) is 3.36. The fourth-order valence-electron chi connectivity index (χ4n) is 2.47. The van der Waals surface area contributed by atoms with E-state index in [1.54, 1.807) is 19.2 Å². The fraction of sp³-hybridized carbons (Fsp3) is 0.333. The van der Waals surface area contributed by atoms with Crippen LogP contribution in [-0.2, 0) is 10.0 Å². The molecule has 6 nitrogen and oxygen atoms in total. The Kier molecular flexibility index (Phi) is 6.41. The summed E-state index contributed by atoms with van der Waals surface area (Å²) in [6.07, 6.45) is 0. The van der Waals surface area contributed by atoms with Gasteiger partial charge >= 0.3 is 0 Å². The van der Waals surface area contributed by atoms with Crippen molar-refractivity contribution in [1.29, 1.82) is 0 Å². The molecule has 0 aliphatic heterocycles. The van der Waals surface area contributed by atoms with Crippen molar-refractivity contribution in [3.63, 3.8) is 0 Å². The van der Waals surface area contributed by atoms with Crippen LogP contribution in [0.1, 0.15) is 11.6 Å². The molecular formula is C18H24N2O4S. The van der Waals surface area contributed by atoms with Gasteiger partial charge in [-0.1, -0.05) is 12.1 Å². The second kappa shape index (κ2) is 8.33. The lowest BCUT2D eigenvalue weighted by molar-refractivity contribution is 0.298. The van der Waals surface area contributed by atoms with E-state index in [1.165, 1.54) is 19.2 Å². The third-order valence-electron chi connectivity index (χ3n) is 3.94. The number of sulfonamides is 1. The number of likely N-dealkylation sites (N-methyl/N-ethyl adjacent to an activating group) is 1. The van der Waals surface area contributed by atoms with Crippen molar-refractivity contribution < 1.29 is 17.9 Å². The van der Waals surface area contributed by atoms with E-state index in [1.807, 2.05) is 43.3 Å². The minimum atomic E-state index is -3.60. The monoisotopic (exact) mass is 364 g/mol. The Morgan fingerprint density at radius 1 is 1.00 bits per heavy atom. The number of benzene rings is 2. The zero-order chi connectivity index (χ0) is 18.4. The molecule has 0 bridgehead atoms. The maximum Gasteiger partial charge on any atom is 0.240 e. The van der Waals surface area contributed by atoms with Gasteiger partial charge in [0.05, 0.1) is 19.1 Å². The van der Waals surface area contributed by atoms with Gasteiger partial charge in [0.25, 0.3) is 0 Å². The molecule has 1 N–H and O–H groups in total. The molecule has 2 aromatic rings. The number of nitrogens with zero attached hydrogens (tertiary/aromatic N) is 1. The second-order valence-electron chi connectivity index (χ2n) is 5.78. The largest absolute Gasteiger partial charge is 0.497 e. The van der Waals surface area contributed by atoms with Crippen LogP contribution in [0.2, 0.25) is 0 Å². The van der Waals surface area contributed by atoms with Gasteiger partial charge in [0, 0.05) is 12.6 Å². The fourth-order valence-corrected chi connectivity index (χ4v) is 3.51. The summed E-state index contributed by atoms with van der Waals surface area (Å²) in [4.78, 5) is 2.17. The van der Waals surface area contributed by atoms with Gasteiger partial charge in [-0.2, -0.15) is 0 Å². The molecule has 1 unspecified atom stereocenters. The molecule has 0 saturated carbocycles. The quantitative estimate of drug-likeness (QED) is 0.778. The van der Waals surface area contributed by atoms with Crippen molar-refractivity contribution in [3.8, 4) is 11.5 Å². The lowest BCUT2D eigenvalue weighted by Crippen LogP contribution is -2.34. The first-order valence-electron chi connectivity index (χ1n) is 7.81. The summed E-state index contributed by atoms with van der Waals surface area (Å²) < 4.78 is 38.0. The maximum absolute atomic E-state index is 12.5. The molecule has 0 aliphatic carbocycles. The van der Waals surface area contributed by atoms with Gasteiger partial charge < -0.3 is 14.4 Å². The average Bonchev–Trinajstić information content (AvgIpc) is 2.61. The molecule has 0 aliphatic rings. The molecule has 136 valence electrons. The van der Waals surface area contributed by atoms with Crippen LogP contribution in [0.4, 0.5) is 0 Å². The van der Waals surface area contributed by atoms with Crippen LogP contribution in [0.15, 0.2) is 53.4 Å². The first kappa shape index (κ1) is 19.2. The molecule has 1 atom stereocenters. The predicted molar refractivity (Wildman–Crippen MR) is 97.6 cm³/mol. The zero-order valence-electron chi connectivity index (χ0n) is 14.9. The minimum Gasteiger partial charge on any atom is -0.497 e. The SMILES string of the molecule is COc1ccc(S(=O)(=O)NCC(c2cccc(OC)c2)N(C)C)cc1. The van der Waals surface area contributed by atoms with Crippen molar-refractivity contribution in [3.05, 3.63) is 54.1 Å². The van der Waals surface area contributed by atoms with E-state index in [4.69, 9.17) is 9.47 Å². The first-order valence-corrected chi connectivity index (χ1v) is 9.30. The van der Waals surface area contributed by atoms with Gasteiger partial charge in [0.2, 0.25) is 10.0 Å². The van der Waals surface area contributed by atoms with E-state index < -0.39 is 10.0 Å². The van der Waals surface area contributed by atoms with Gasteiger partial charge in [0.15, 0.2) is 0 Å². The molecule has 0 spiro atoms. The van der Waals surface area contributed by atoms with Crippen LogP contribution in [0, 0.1) is 0 Å². The van der Waals surface area contributed by atoms with Crippen LogP contribution >= 0.6 is 0 Å². The Morgan fingerprint density at radius 3 is 2.20 bits per heavy atom. The van der Waals surface area contributed by atoms with Gasteiger partial charge in [0.1, 0.15) is 11.5 Å². The summed E-state index contributed by atoms with van der Waals surface area (Å²) >= 11 is 0. The van der Waals surface area contributed by atoms with E-state index in [0.717, 1.165) is 11.3 Å². The molecule has 0 radical (unpaired) electrons. The molecule has 0 saturated heterocycles. The first-order chi connectivity index (χ1) is 11.9. The molecule has 2 rings (SSSR count). The number of ether oxygens (including phenoxy) is 2. The van der Waals surface area contributed by atoms with E-state index in [2.05, 4.69) is 4.72 Å². The highest BCUT2D eigenvalue weighted by Crippen LogP contribution is 2.23.